The molecule has 2 atom stereocenters. The first-order chi connectivity index (χ1) is 8.15. The van der Waals surface area contributed by atoms with E-state index < -0.39 is 0 Å². The molecule has 1 saturated carbocycles. The standard InChI is InChI=1S/C15H24N2/c1-4-12-5-6-14(17-11-12)10-15(2)8-7-13(9-15)16-3/h5-6,11,13,16H,4,7-10H2,1-3H3. The molecule has 0 aromatic carbocycles. The average Bonchev–Trinajstić information content (AvgIpc) is 2.72. The molecular weight excluding hydrogens is 208 g/mol. The zero-order valence-electron chi connectivity index (χ0n) is 11.3. The van der Waals surface area contributed by atoms with Crippen LogP contribution in [0.25, 0.3) is 0 Å². The summed E-state index contributed by atoms with van der Waals surface area (Å²) < 4.78 is 0. The molecule has 2 unspecified atom stereocenters. The minimum Gasteiger partial charge on any atom is -0.317 e. The first kappa shape index (κ1) is 12.6. The second kappa shape index (κ2) is 5.18. The van der Waals surface area contributed by atoms with Crippen molar-refractivity contribution in [3.05, 3.63) is 29.6 Å². The second-order valence-corrected chi connectivity index (χ2v) is 5.73. The fourth-order valence-electron chi connectivity index (χ4n) is 2.93. The molecule has 0 bridgehead atoms. The van der Waals surface area contributed by atoms with Crippen molar-refractivity contribution in [1.82, 2.24) is 10.3 Å². The molecule has 0 radical (unpaired) electrons. The van der Waals surface area contributed by atoms with Crippen LogP contribution in [0.3, 0.4) is 0 Å². The van der Waals surface area contributed by atoms with Gasteiger partial charge in [0.2, 0.25) is 0 Å². The minimum absolute atomic E-state index is 0.439. The molecule has 0 spiro atoms. The molecule has 1 aromatic rings. The van der Waals surface area contributed by atoms with Crippen LogP contribution in [0.1, 0.15) is 44.4 Å². The van der Waals surface area contributed by atoms with Crippen LogP contribution in [-0.4, -0.2) is 18.1 Å². The Morgan fingerprint density at radius 2 is 2.29 bits per heavy atom. The summed E-state index contributed by atoms with van der Waals surface area (Å²) in [4.78, 5) is 4.59. The van der Waals surface area contributed by atoms with Crippen molar-refractivity contribution in [3.8, 4) is 0 Å². The van der Waals surface area contributed by atoms with E-state index in [1.165, 1.54) is 30.5 Å². The van der Waals surface area contributed by atoms with Crippen molar-refractivity contribution in [2.45, 2.75) is 52.0 Å². The van der Waals surface area contributed by atoms with Gasteiger partial charge in [-0.05, 0) is 56.2 Å². The molecule has 0 amide bonds. The molecule has 1 aromatic heterocycles. The van der Waals surface area contributed by atoms with E-state index in [9.17, 15) is 0 Å². The highest BCUT2D eigenvalue weighted by molar-refractivity contribution is 5.15. The van der Waals surface area contributed by atoms with E-state index in [1.807, 2.05) is 6.20 Å². The summed E-state index contributed by atoms with van der Waals surface area (Å²) in [7, 11) is 2.07. The lowest BCUT2D eigenvalue weighted by Crippen LogP contribution is -2.24. The lowest BCUT2D eigenvalue weighted by Gasteiger charge is -2.23. The molecule has 1 N–H and O–H groups in total. The van der Waals surface area contributed by atoms with Gasteiger partial charge in [0.25, 0.3) is 0 Å². The number of nitrogens with zero attached hydrogens (tertiary/aromatic N) is 1. The summed E-state index contributed by atoms with van der Waals surface area (Å²) in [5.74, 6) is 0. The number of nitrogens with one attached hydrogen (secondary N) is 1. The van der Waals surface area contributed by atoms with Gasteiger partial charge in [0.15, 0.2) is 0 Å². The van der Waals surface area contributed by atoms with Gasteiger partial charge < -0.3 is 5.32 Å². The molecule has 0 aliphatic heterocycles. The maximum absolute atomic E-state index is 4.59. The van der Waals surface area contributed by atoms with Crippen LogP contribution in [0.15, 0.2) is 18.3 Å². The number of rotatable bonds is 4. The lowest BCUT2D eigenvalue weighted by molar-refractivity contribution is 0.321. The van der Waals surface area contributed by atoms with E-state index in [0.29, 0.717) is 11.5 Å². The van der Waals surface area contributed by atoms with Crippen molar-refractivity contribution < 1.29 is 0 Å². The van der Waals surface area contributed by atoms with Crippen molar-refractivity contribution in [2.75, 3.05) is 7.05 Å². The van der Waals surface area contributed by atoms with E-state index in [-0.39, 0.29) is 0 Å². The van der Waals surface area contributed by atoms with Gasteiger partial charge in [-0.1, -0.05) is 19.9 Å². The normalized spacial score (nSPS) is 28.5. The van der Waals surface area contributed by atoms with Crippen molar-refractivity contribution >= 4 is 0 Å². The molecule has 1 aliphatic rings. The van der Waals surface area contributed by atoms with E-state index in [2.05, 4.69) is 43.3 Å². The molecule has 0 saturated heterocycles. The summed E-state index contributed by atoms with van der Waals surface area (Å²) in [6, 6.07) is 5.13. The first-order valence-electron chi connectivity index (χ1n) is 6.76. The third kappa shape index (κ3) is 3.06. The maximum Gasteiger partial charge on any atom is 0.0409 e. The summed E-state index contributed by atoms with van der Waals surface area (Å²) in [5.41, 5.74) is 3.02. The van der Waals surface area contributed by atoms with E-state index in [0.717, 1.165) is 12.8 Å². The highest BCUT2D eigenvalue weighted by Crippen LogP contribution is 2.40. The van der Waals surface area contributed by atoms with Crippen LogP contribution in [0.4, 0.5) is 0 Å². The minimum atomic E-state index is 0.439. The van der Waals surface area contributed by atoms with Gasteiger partial charge >= 0.3 is 0 Å². The quantitative estimate of drug-likeness (QED) is 0.863. The zero-order chi connectivity index (χ0) is 12.3. The van der Waals surface area contributed by atoms with Crippen LogP contribution in [0.2, 0.25) is 0 Å². The Morgan fingerprint density at radius 1 is 1.47 bits per heavy atom. The summed E-state index contributed by atoms with van der Waals surface area (Å²) in [6.07, 6.45) is 8.13. The van der Waals surface area contributed by atoms with Crippen LogP contribution < -0.4 is 5.32 Å². The van der Waals surface area contributed by atoms with Crippen LogP contribution in [0.5, 0.6) is 0 Å². The van der Waals surface area contributed by atoms with Crippen molar-refractivity contribution in [3.63, 3.8) is 0 Å². The Balaban J connectivity index is 2.00. The smallest absolute Gasteiger partial charge is 0.0409 e. The van der Waals surface area contributed by atoms with Gasteiger partial charge in [-0.2, -0.15) is 0 Å². The fraction of sp³-hybridized carbons (Fsp3) is 0.667. The average molecular weight is 232 g/mol. The molecule has 2 rings (SSSR count). The third-order valence-corrected chi connectivity index (χ3v) is 4.15. The Labute approximate surface area is 105 Å². The Kier molecular flexibility index (Phi) is 3.82. The van der Waals surface area contributed by atoms with Gasteiger partial charge in [0.1, 0.15) is 0 Å². The number of pyridine rings is 1. The zero-order valence-corrected chi connectivity index (χ0v) is 11.3. The molecule has 94 valence electrons. The molecule has 17 heavy (non-hydrogen) atoms. The number of hydrogen-bond donors (Lipinski definition) is 1. The fourth-order valence-corrected chi connectivity index (χ4v) is 2.93. The molecule has 1 aliphatic carbocycles. The third-order valence-electron chi connectivity index (χ3n) is 4.15. The highest BCUT2D eigenvalue weighted by atomic mass is 14.9. The number of hydrogen-bond acceptors (Lipinski definition) is 2. The Hall–Kier alpha value is -0.890. The molecule has 1 fully saturated rings. The van der Waals surface area contributed by atoms with Crippen LogP contribution >= 0.6 is 0 Å². The van der Waals surface area contributed by atoms with Gasteiger partial charge in [-0.3, -0.25) is 4.98 Å². The monoisotopic (exact) mass is 232 g/mol. The van der Waals surface area contributed by atoms with Gasteiger partial charge in [0.05, 0.1) is 0 Å². The summed E-state index contributed by atoms with van der Waals surface area (Å²) in [6.45, 7) is 4.58. The lowest BCUT2D eigenvalue weighted by atomic mass is 9.83. The summed E-state index contributed by atoms with van der Waals surface area (Å²) >= 11 is 0. The van der Waals surface area contributed by atoms with Crippen LogP contribution in [0, 0.1) is 5.41 Å². The van der Waals surface area contributed by atoms with E-state index >= 15 is 0 Å². The number of aryl methyl sites for hydroxylation is 1. The molecule has 1 heterocycles. The molecule has 2 nitrogen and oxygen atoms in total. The SMILES string of the molecule is CCc1ccc(CC2(C)CCC(NC)C2)nc1. The largest absolute Gasteiger partial charge is 0.317 e. The van der Waals surface area contributed by atoms with Gasteiger partial charge in [-0.25, -0.2) is 0 Å². The molecule has 2 heteroatoms. The van der Waals surface area contributed by atoms with Gasteiger partial charge in [-0.15, -0.1) is 0 Å². The van der Waals surface area contributed by atoms with Crippen molar-refractivity contribution in [1.29, 1.82) is 0 Å². The van der Waals surface area contributed by atoms with E-state index in [4.69, 9.17) is 0 Å². The topological polar surface area (TPSA) is 24.9 Å². The van der Waals surface area contributed by atoms with Gasteiger partial charge in [0, 0.05) is 17.9 Å². The predicted molar refractivity (Wildman–Crippen MR) is 72.1 cm³/mol. The maximum atomic E-state index is 4.59. The predicted octanol–water partition coefficient (Wildman–Crippen LogP) is 2.96. The molecular formula is C15H24N2. The highest BCUT2D eigenvalue weighted by Gasteiger charge is 2.34. The first-order valence-corrected chi connectivity index (χ1v) is 6.76. The second-order valence-electron chi connectivity index (χ2n) is 5.73. The van der Waals surface area contributed by atoms with E-state index in [1.54, 1.807) is 0 Å². The summed E-state index contributed by atoms with van der Waals surface area (Å²) in [5, 5.41) is 3.40. The Bertz CT molecular complexity index is 358. The van der Waals surface area contributed by atoms with Crippen molar-refractivity contribution in [2.24, 2.45) is 5.41 Å². The van der Waals surface area contributed by atoms with Crippen LogP contribution in [-0.2, 0) is 12.8 Å². The number of aromatic nitrogens is 1. The Morgan fingerprint density at radius 3 is 2.82 bits per heavy atom.